The highest BCUT2D eigenvalue weighted by Crippen LogP contribution is 2.11. The van der Waals surface area contributed by atoms with Crippen molar-refractivity contribution in [1.82, 2.24) is 5.48 Å². The topological polar surface area (TPSA) is 38.3 Å². The lowest BCUT2D eigenvalue weighted by Crippen LogP contribution is -2.23. The van der Waals surface area contributed by atoms with Crippen LogP contribution >= 0.6 is 0 Å². The van der Waals surface area contributed by atoms with Gasteiger partial charge in [-0.3, -0.25) is 9.63 Å². The van der Waals surface area contributed by atoms with Gasteiger partial charge in [-0.25, -0.2) is 5.48 Å². The maximum atomic E-state index is 11.2. The van der Waals surface area contributed by atoms with Crippen LogP contribution in [0.15, 0.2) is 18.2 Å². The largest absolute Gasteiger partial charge is 0.277 e. The van der Waals surface area contributed by atoms with Gasteiger partial charge in [0.2, 0.25) is 5.91 Å². The average molecular weight is 193 g/mol. The lowest BCUT2D eigenvalue weighted by molar-refractivity contribution is -0.130. The Balaban J connectivity index is 2.75. The highest BCUT2D eigenvalue weighted by molar-refractivity contribution is 5.77. The van der Waals surface area contributed by atoms with Gasteiger partial charge in [0.25, 0.3) is 0 Å². The first-order chi connectivity index (χ1) is 6.63. The third kappa shape index (κ3) is 2.85. The number of carbonyl (C=O) groups is 1. The van der Waals surface area contributed by atoms with Crippen LogP contribution in [0.3, 0.4) is 0 Å². The van der Waals surface area contributed by atoms with E-state index in [1.54, 1.807) is 0 Å². The molecule has 0 aliphatic carbocycles. The summed E-state index contributed by atoms with van der Waals surface area (Å²) in [5.41, 5.74) is 5.63. The third-order valence-corrected chi connectivity index (χ3v) is 2.07. The second kappa shape index (κ2) is 4.77. The van der Waals surface area contributed by atoms with Crippen molar-refractivity contribution >= 4 is 5.91 Å². The molecule has 0 aliphatic heterocycles. The standard InChI is InChI=1S/C11H15NO2/c1-8-4-5-9(2)10(6-8)7-11(13)12-14-3/h4-6H,7H2,1-3H3,(H,12,13). The van der Waals surface area contributed by atoms with Crippen molar-refractivity contribution in [1.29, 1.82) is 0 Å². The van der Waals surface area contributed by atoms with E-state index in [4.69, 9.17) is 0 Å². The quantitative estimate of drug-likeness (QED) is 0.739. The maximum absolute atomic E-state index is 11.2. The molecule has 1 aromatic carbocycles. The highest BCUT2D eigenvalue weighted by Gasteiger charge is 2.05. The smallest absolute Gasteiger partial charge is 0.247 e. The van der Waals surface area contributed by atoms with E-state index in [9.17, 15) is 4.79 Å². The number of hydroxylamine groups is 1. The molecule has 1 amide bonds. The van der Waals surface area contributed by atoms with Crippen molar-refractivity contribution in [2.75, 3.05) is 7.11 Å². The lowest BCUT2D eigenvalue weighted by Gasteiger charge is -2.06. The summed E-state index contributed by atoms with van der Waals surface area (Å²) in [6.45, 7) is 4.01. The second-order valence-electron chi connectivity index (χ2n) is 3.34. The lowest BCUT2D eigenvalue weighted by atomic mass is 10.0. The van der Waals surface area contributed by atoms with Crippen molar-refractivity contribution in [3.8, 4) is 0 Å². The number of hydrogen-bond acceptors (Lipinski definition) is 2. The van der Waals surface area contributed by atoms with Gasteiger partial charge in [0.1, 0.15) is 0 Å². The molecule has 0 atom stereocenters. The molecule has 0 unspecified atom stereocenters. The molecule has 0 aromatic heterocycles. The van der Waals surface area contributed by atoms with Gasteiger partial charge in [-0.2, -0.15) is 0 Å². The Labute approximate surface area is 84.0 Å². The predicted octanol–water partition coefficient (Wildman–Crippen LogP) is 1.52. The van der Waals surface area contributed by atoms with Crippen LogP contribution in [0, 0.1) is 13.8 Å². The predicted molar refractivity (Wildman–Crippen MR) is 54.8 cm³/mol. The van der Waals surface area contributed by atoms with Gasteiger partial charge in [-0.15, -0.1) is 0 Å². The summed E-state index contributed by atoms with van der Waals surface area (Å²) in [6, 6.07) is 6.07. The van der Waals surface area contributed by atoms with Gasteiger partial charge in [-0.1, -0.05) is 23.8 Å². The third-order valence-electron chi connectivity index (χ3n) is 2.07. The number of rotatable bonds is 3. The Morgan fingerprint density at radius 3 is 2.79 bits per heavy atom. The molecule has 76 valence electrons. The fraction of sp³-hybridized carbons (Fsp3) is 0.364. The van der Waals surface area contributed by atoms with Crippen LogP contribution in [-0.4, -0.2) is 13.0 Å². The van der Waals surface area contributed by atoms with Gasteiger partial charge in [0.15, 0.2) is 0 Å². The molecular formula is C11H15NO2. The van der Waals surface area contributed by atoms with Gasteiger partial charge in [0, 0.05) is 0 Å². The monoisotopic (exact) mass is 193 g/mol. The van der Waals surface area contributed by atoms with E-state index in [2.05, 4.69) is 10.3 Å². The minimum atomic E-state index is -0.124. The van der Waals surface area contributed by atoms with Crippen LogP contribution in [0.1, 0.15) is 16.7 Å². The van der Waals surface area contributed by atoms with Crippen molar-refractivity contribution in [3.63, 3.8) is 0 Å². The molecule has 1 N–H and O–H groups in total. The highest BCUT2D eigenvalue weighted by atomic mass is 16.6. The van der Waals surface area contributed by atoms with Crippen molar-refractivity contribution in [2.45, 2.75) is 20.3 Å². The molecule has 1 aromatic rings. The summed E-state index contributed by atoms with van der Waals surface area (Å²) in [7, 11) is 1.43. The molecular weight excluding hydrogens is 178 g/mol. The molecule has 0 heterocycles. The van der Waals surface area contributed by atoms with Crippen molar-refractivity contribution in [3.05, 3.63) is 34.9 Å². The molecule has 0 spiro atoms. The Hall–Kier alpha value is -1.35. The van der Waals surface area contributed by atoms with Crippen LogP contribution in [0.5, 0.6) is 0 Å². The molecule has 0 saturated heterocycles. The first-order valence-electron chi connectivity index (χ1n) is 4.51. The molecule has 0 fully saturated rings. The molecule has 0 bridgehead atoms. The number of hydrogen-bond donors (Lipinski definition) is 1. The normalized spacial score (nSPS) is 9.93. The van der Waals surface area contributed by atoms with E-state index in [-0.39, 0.29) is 5.91 Å². The van der Waals surface area contributed by atoms with Gasteiger partial charge >= 0.3 is 0 Å². The summed E-state index contributed by atoms with van der Waals surface area (Å²) in [5.74, 6) is -0.124. The summed E-state index contributed by atoms with van der Waals surface area (Å²) < 4.78 is 0. The summed E-state index contributed by atoms with van der Waals surface area (Å²) in [4.78, 5) is 15.8. The van der Waals surface area contributed by atoms with E-state index < -0.39 is 0 Å². The number of aryl methyl sites for hydroxylation is 2. The van der Waals surface area contributed by atoms with Crippen molar-refractivity contribution < 1.29 is 9.63 Å². The molecule has 3 heteroatoms. The zero-order valence-corrected chi connectivity index (χ0v) is 8.76. The zero-order valence-electron chi connectivity index (χ0n) is 8.76. The summed E-state index contributed by atoms with van der Waals surface area (Å²) in [6.07, 6.45) is 0.362. The van der Waals surface area contributed by atoms with Crippen LogP contribution in [0.4, 0.5) is 0 Å². The molecule has 1 rings (SSSR count). The van der Waals surface area contributed by atoms with E-state index in [1.165, 1.54) is 7.11 Å². The minimum absolute atomic E-state index is 0.124. The van der Waals surface area contributed by atoms with Gasteiger partial charge in [0.05, 0.1) is 13.5 Å². The average Bonchev–Trinajstić information content (AvgIpc) is 2.12. The summed E-state index contributed by atoms with van der Waals surface area (Å²) in [5, 5.41) is 0. The van der Waals surface area contributed by atoms with Crippen LogP contribution in [0.25, 0.3) is 0 Å². The SMILES string of the molecule is CONC(=O)Cc1cc(C)ccc1C. The van der Waals surface area contributed by atoms with E-state index in [0.29, 0.717) is 6.42 Å². The number of amides is 1. The zero-order chi connectivity index (χ0) is 10.6. The Kier molecular flexibility index (Phi) is 3.65. The van der Waals surface area contributed by atoms with E-state index >= 15 is 0 Å². The Bertz CT molecular complexity index is 334. The molecule has 0 radical (unpaired) electrons. The molecule has 14 heavy (non-hydrogen) atoms. The van der Waals surface area contributed by atoms with Gasteiger partial charge in [-0.05, 0) is 25.0 Å². The van der Waals surface area contributed by atoms with Crippen molar-refractivity contribution in [2.24, 2.45) is 0 Å². The Morgan fingerprint density at radius 2 is 2.14 bits per heavy atom. The van der Waals surface area contributed by atoms with Crippen LogP contribution in [0.2, 0.25) is 0 Å². The maximum Gasteiger partial charge on any atom is 0.247 e. The van der Waals surface area contributed by atoms with Crippen LogP contribution < -0.4 is 5.48 Å². The Morgan fingerprint density at radius 1 is 1.43 bits per heavy atom. The second-order valence-corrected chi connectivity index (χ2v) is 3.34. The fourth-order valence-corrected chi connectivity index (χ4v) is 1.31. The van der Waals surface area contributed by atoms with E-state index in [1.807, 2.05) is 32.0 Å². The summed E-state index contributed by atoms with van der Waals surface area (Å²) >= 11 is 0. The van der Waals surface area contributed by atoms with Gasteiger partial charge < -0.3 is 0 Å². The first kappa shape index (κ1) is 10.7. The first-order valence-corrected chi connectivity index (χ1v) is 4.51. The molecule has 3 nitrogen and oxygen atoms in total. The number of benzene rings is 1. The molecule has 0 saturated carbocycles. The van der Waals surface area contributed by atoms with Crippen LogP contribution in [-0.2, 0) is 16.1 Å². The minimum Gasteiger partial charge on any atom is -0.277 e. The number of nitrogens with one attached hydrogen (secondary N) is 1. The number of carbonyl (C=O) groups excluding carboxylic acids is 1. The molecule has 0 aliphatic rings. The fourth-order valence-electron chi connectivity index (χ4n) is 1.31. The van der Waals surface area contributed by atoms with E-state index in [0.717, 1.165) is 16.7 Å².